The van der Waals surface area contributed by atoms with Crippen LogP contribution in [0.3, 0.4) is 0 Å². The molecule has 2 atom stereocenters. The molecule has 1 fully saturated rings. The van der Waals surface area contributed by atoms with E-state index in [0.717, 1.165) is 55.4 Å². The summed E-state index contributed by atoms with van der Waals surface area (Å²) >= 11 is 0. The number of carbonyl (C=O) groups excluding carboxylic acids is 1. The summed E-state index contributed by atoms with van der Waals surface area (Å²) in [5.74, 6) is -1.21. The molecule has 3 heterocycles. The molecule has 2 aliphatic rings. The second-order valence-electron chi connectivity index (χ2n) is 8.80. The van der Waals surface area contributed by atoms with Crippen LogP contribution in [0.4, 0.5) is 18.0 Å². The standard InChI is InChI=1S/C23H28F3N7O/c1-15-4-6-17(7-5-15)20-19(32-10-8-31(3)9-11-32)14-33(30-20)22(34)29-16(2)18-12-27-21(28-13-18)23(24,25)26/h4-7,12-13,16,19H,8-11,14H2,1-3H3,(H,29,34)/t16?,19-/m0/s1. The average Bonchev–Trinajstić information content (AvgIpc) is 3.25. The van der Waals surface area contributed by atoms with Gasteiger partial charge in [0.05, 0.1) is 24.3 Å². The Kier molecular flexibility index (Phi) is 6.85. The molecule has 0 radical (unpaired) electrons. The summed E-state index contributed by atoms with van der Waals surface area (Å²) < 4.78 is 38.2. The zero-order valence-electron chi connectivity index (χ0n) is 19.4. The van der Waals surface area contributed by atoms with Crippen LogP contribution in [0.1, 0.15) is 35.5 Å². The van der Waals surface area contributed by atoms with E-state index in [2.05, 4.69) is 37.2 Å². The van der Waals surface area contributed by atoms with Crippen LogP contribution in [0.15, 0.2) is 41.8 Å². The maximum absolute atomic E-state index is 13.0. The van der Waals surface area contributed by atoms with Crippen molar-refractivity contribution in [1.82, 2.24) is 30.1 Å². The highest BCUT2D eigenvalue weighted by atomic mass is 19.4. The number of piperazine rings is 1. The number of rotatable bonds is 4. The minimum absolute atomic E-state index is 0.0353. The van der Waals surface area contributed by atoms with Crippen LogP contribution in [0.2, 0.25) is 0 Å². The fraction of sp³-hybridized carbons (Fsp3) is 0.478. The topological polar surface area (TPSA) is 77.0 Å². The molecule has 0 bridgehead atoms. The summed E-state index contributed by atoms with van der Waals surface area (Å²) in [4.78, 5) is 24.4. The van der Waals surface area contributed by atoms with Crippen LogP contribution >= 0.6 is 0 Å². The molecule has 1 N–H and O–H groups in total. The number of aromatic nitrogens is 2. The van der Waals surface area contributed by atoms with Crippen LogP contribution < -0.4 is 5.32 Å². The summed E-state index contributed by atoms with van der Waals surface area (Å²) in [5.41, 5.74) is 3.32. The number of nitrogens with one attached hydrogen (secondary N) is 1. The summed E-state index contributed by atoms with van der Waals surface area (Å²) in [5, 5.41) is 8.86. The minimum atomic E-state index is -4.61. The molecule has 1 unspecified atom stereocenters. The molecule has 0 spiro atoms. The summed E-state index contributed by atoms with van der Waals surface area (Å²) in [6.45, 7) is 7.72. The molecule has 11 heteroatoms. The van der Waals surface area contributed by atoms with E-state index in [0.29, 0.717) is 12.1 Å². The van der Waals surface area contributed by atoms with Crippen LogP contribution in [0, 0.1) is 6.92 Å². The lowest BCUT2D eigenvalue weighted by molar-refractivity contribution is -0.145. The van der Waals surface area contributed by atoms with Gasteiger partial charge in [-0.3, -0.25) is 4.90 Å². The minimum Gasteiger partial charge on any atom is -0.330 e. The van der Waals surface area contributed by atoms with Crippen molar-refractivity contribution in [1.29, 1.82) is 0 Å². The molecule has 8 nitrogen and oxygen atoms in total. The number of aryl methyl sites for hydroxylation is 1. The predicted molar refractivity (Wildman–Crippen MR) is 121 cm³/mol. The van der Waals surface area contributed by atoms with Gasteiger partial charge in [-0.2, -0.15) is 18.3 Å². The lowest BCUT2D eigenvalue weighted by Crippen LogP contribution is -2.53. The van der Waals surface area contributed by atoms with E-state index in [9.17, 15) is 18.0 Å². The normalized spacial score (nSPS) is 20.8. The maximum atomic E-state index is 13.0. The van der Waals surface area contributed by atoms with Gasteiger partial charge < -0.3 is 10.2 Å². The zero-order valence-corrected chi connectivity index (χ0v) is 19.4. The molecule has 1 saturated heterocycles. The quantitative estimate of drug-likeness (QED) is 0.736. The van der Waals surface area contributed by atoms with E-state index in [1.807, 2.05) is 31.2 Å². The lowest BCUT2D eigenvalue weighted by atomic mass is 10.0. The molecule has 2 aromatic rings. The molecule has 2 aliphatic heterocycles. The van der Waals surface area contributed by atoms with E-state index in [1.165, 1.54) is 5.01 Å². The average molecular weight is 476 g/mol. The van der Waals surface area contributed by atoms with Gasteiger partial charge in [0.2, 0.25) is 5.82 Å². The summed E-state index contributed by atoms with van der Waals surface area (Å²) in [6, 6.07) is 7.03. The fourth-order valence-corrected chi connectivity index (χ4v) is 4.06. The van der Waals surface area contributed by atoms with E-state index in [4.69, 9.17) is 0 Å². The second kappa shape index (κ2) is 9.67. The van der Waals surface area contributed by atoms with Crippen LogP contribution in [-0.2, 0) is 6.18 Å². The molecule has 2 amide bonds. The number of amides is 2. The number of hydrazone groups is 1. The first kappa shape index (κ1) is 24.1. The molecule has 1 aromatic heterocycles. The summed E-state index contributed by atoms with van der Waals surface area (Å²) in [6.07, 6.45) is -2.45. The predicted octanol–water partition coefficient (Wildman–Crippen LogP) is 2.91. The van der Waals surface area contributed by atoms with E-state index in [-0.39, 0.29) is 6.04 Å². The Bertz CT molecular complexity index is 1030. The molecule has 182 valence electrons. The second-order valence-corrected chi connectivity index (χ2v) is 8.80. The number of likely N-dealkylation sites (N-methyl/N-ethyl adjacent to an activating group) is 1. The first-order chi connectivity index (χ1) is 16.1. The number of hydrogen-bond acceptors (Lipinski definition) is 6. The van der Waals surface area contributed by atoms with Crippen molar-refractivity contribution in [3.8, 4) is 0 Å². The van der Waals surface area contributed by atoms with Crippen molar-refractivity contribution in [2.45, 2.75) is 32.1 Å². The Hall–Kier alpha value is -3.05. The van der Waals surface area contributed by atoms with E-state index < -0.39 is 24.1 Å². The highest BCUT2D eigenvalue weighted by molar-refractivity contribution is 6.06. The highest BCUT2D eigenvalue weighted by Crippen LogP contribution is 2.26. The first-order valence-corrected chi connectivity index (χ1v) is 11.2. The van der Waals surface area contributed by atoms with Crippen molar-refractivity contribution >= 4 is 11.7 Å². The van der Waals surface area contributed by atoms with E-state index in [1.54, 1.807) is 6.92 Å². The molecule has 1 aromatic carbocycles. The van der Waals surface area contributed by atoms with E-state index >= 15 is 0 Å². The summed E-state index contributed by atoms with van der Waals surface area (Å²) in [7, 11) is 2.09. The number of carbonyl (C=O) groups is 1. The van der Waals surface area contributed by atoms with Crippen LogP contribution in [0.5, 0.6) is 0 Å². The van der Waals surface area contributed by atoms with Crippen LogP contribution in [0.25, 0.3) is 0 Å². The van der Waals surface area contributed by atoms with Crippen LogP contribution in [-0.4, -0.2) is 82.3 Å². The third-order valence-corrected chi connectivity index (χ3v) is 6.22. The maximum Gasteiger partial charge on any atom is 0.451 e. The van der Waals surface area contributed by atoms with Gasteiger partial charge in [0.25, 0.3) is 0 Å². The van der Waals surface area contributed by atoms with Gasteiger partial charge in [-0.25, -0.2) is 19.8 Å². The Labute approximate surface area is 196 Å². The van der Waals surface area contributed by atoms with Gasteiger partial charge in [0, 0.05) is 44.1 Å². The van der Waals surface area contributed by atoms with Gasteiger partial charge in [0.1, 0.15) is 0 Å². The highest BCUT2D eigenvalue weighted by Gasteiger charge is 2.37. The number of alkyl halides is 3. The first-order valence-electron chi connectivity index (χ1n) is 11.2. The molecular formula is C23H28F3N7O. The number of benzene rings is 1. The Morgan fingerprint density at radius 2 is 1.71 bits per heavy atom. The van der Waals surface area contributed by atoms with Gasteiger partial charge in [-0.1, -0.05) is 29.8 Å². The van der Waals surface area contributed by atoms with Crippen molar-refractivity contribution in [2.24, 2.45) is 5.10 Å². The number of nitrogens with zero attached hydrogens (tertiary/aromatic N) is 6. The number of hydrogen-bond donors (Lipinski definition) is 1. The Morgan fingerprint density at radius 1 is 1.09 bits per heavy atom. The number of halogens is 3. The third-order valence-electron chi connectivity index (χ3n) is 6.22. The zero-order chi connectivity index (χ0) is 24.5. The largest absolute Gasteiger partial charge is 0.451 e. The Balaban J connectivity index is 1.50. The molecule has 4 rings (SSSR count). The van der Waals surface area contributed by atoms with Crippen molar-refractivity contribution in [3.63, 3.8) is 0 Å². The van der Waals surface area contributed by atoms with Gasteiger partial charge in [0.15, 0.2) is 0 Å². The van der Waals surface area contributed by atoms with Gasteiger partial charge >= 0.3 is 12.2 Å². The van der Waals surface area contributed by atoms with Gasteiger partial charge in [-0.15, -0.1) is 0 Å². The molecule has 34 heavy (non-hydrogen) atoms. The molecule has 0 saturated carbocycles. The van der Waals surface area contributed by atoms with Crippen molar-refractivity contribution in [3.05, 3.63) is 59.2 Å². The fourth-order valence-electron chi connectivity index (χ4n) is 4.06. The Morgan fingerprint density at radius 3 is 2.29 bits per heavy atom. The van der Waals surface area contributed by atoms with Crippen molar-refractivity contribution < 1.29 is 18.0 Å². The third kappa shape index (κ3) is 5.36. The lowest BCUT2D eigenvalue weighted by Gasteiger charge is -2.36. The van der Waals surface area contributed by atoms with Gasteiger partial charge in [-0.05, 0) is 26.5 Å². The number of urea groups is 1. The molecular weight excluding hydrogens is 447 g/mol. The SMILES string of the molecule is Cc1ccc(C2=NN(C(=O)NC(C)c3cnc(C(F)(F)F)nc3)C[C@@H]2N2CCN(C)CC2)cc1. The smallest absolute Gasteiger partial charge is 0.330 e. The van der Waals surface area contributed by atoms with Crippen molar-refractivity contribution in [2.75, 3.05) is 39.8 Å². The molecule has 0 aliphatic carbocycles. The monoisotopic (exact) mass is 475 g/mol.